The smallest absolute Gasteiger partial charge is 0.356 e. The van der Waals surface area contributed by atoms with Crippen LogP contribution < -0.4 is 0 Å². The van der Waals surface area contributed by atoms with Gasteiger partial charge in [0.2, 0.25) is 0 Å². The van der Waals surface area contributed by atoms with E-state index in [9.17, 15) is 0 Å². The average molecular weight is 268 g/mol. The van der Waals surface area contributed by atoms with Crippen LogP contribution >= 0.6 is 0 Å². The summed E-state index contributed by atoms with van der Waals surface area (Å²) in [6, 6.07) is 0. The van der Waals surface area contributed by atoms with Crippen molar-refractivity contribution in [3.63, 3.8) is 0 Å². The Balaban J connectivity index is -0.0000000450. The van der Waals surface area contributed by atoms with Gasteiger partial charge < -0.3 is 15.3 Å². The summed E-state index contributed by atoms with van der Waals surface area (Å²) in [7, 11) is 0. The first-order valence-corrected chi connectivity index (χ1v) is 0.548. The van der Waals surface area contributed by atoms with Crippen molar-refractivity contribution < 1.29 is 44.0 Å². The fourth-order valence-corrected chi connectivity index (χ4v) is 0. The molecule has 0 atom stereocenters. The number of rotatable bonds is 0. The largest absolute Gasteiger partial charge is 2.00 e. The third-order valence-electron chi connectivity index (χ3n) is 0. The van der Waals surface area contributed by atoms with Crippen LogP contribution in [0.1, 0.15) is 0 Å². The molecule has 0 aromatic carbocycles. The van der Waals surface area contributed by atoms with E-state index in [2.05, 4.69) is 0 Å². The maximum Gasteiger partial charge on any atom is 2.00 e. The molecule has 0 saturated carbocycles. The predicted molar refractivity (Wildman–Crippen MR) is 10.4 cm³/mol. The molecular weight excluding hydrogens is 268 g/mol. The second-order valence-corrected chi connectivity index (χ2v) is 0.224. The average Bonchev–Trinajstić information content (AvgIpc) is 0.811. The number of hydrogen-bond acceptors (Lipinski definition) is 3. The van der Waals surface area contributed by atoms with Gasteiger partial charge in [-0.3, -0.25) is 0 Å². The van der Waals surface area contributed by atoms with Gasteiger partial charge in [-0.25, -0.2) is 0 Å². The minimum atomic E-state index is -1.75. The predicted octanol–water partition coefficient (Wildman–Crippen LogP) is -0.244. The molecule has 0 aromatic heterocycles. The Morgan fingerprint density at radius 1 is 1.17 bits per heavy atom. The van der Waals surface area contributed by atoms with Crippen LogP contribution in [-0.2, 0) is 39.0 Å². The zero-order valence-corrected chi connectivity index (χ0v) is 5.62. The molecule has 0 aliphatic rings. The quantitative estimate of drug-likeness (QED) is 0.346. The number of hydrogen-bond donors (Lipinski definition) is 0. The van der Waals surface area contributed by atoms with E-state index in [1.807, 2.05) is 0 Å². The van der Waals surface area contributed by atoms with Crippen molar-refractivity contribution in [2.24, 2.45) is 0 Å². The van der Waals surface area contributed by atoms with Gasteiger partial charge in [0.05, 0.1) is 5.09 Å². The normalized spacial score (nSPS) is 4.00. The van der Waals surface area contributed by atoms with Gasteiger partial charge in [0, 0.05) is 0 Å². The van der Waals surface area contributed by atoms with Crippen LogP contribution in [0.3, 0.4) is 0 Å². The van der Waals surface area contributed by atoms with Crippen LogP contribution in [0.15, 0.2) is 0 Å². The van der Waals surface area contributed by atoms with Crippen molar-refractivity contribution >= 4 is 0 Å². The van der Waals surface area contributed by atoms with Crippen LogP contribution in [0, 0.1) is 15.3 Å². The molecule has 6 heteroatoms. The molecule has 0 aliphatic heterocycles. The molecule has 0 aromatic rings. The molecule has 0 heterocycles. The monoisotopic (exact) mass is 268 g/mol. The molecule has 4 nitrogen and oxygen atoms in total. The molecule has 0 unspecified atom stereocenters. The molecule has 0 amide bonds. The second-order valence-electron chi connectivity index (χ2n) is 0.224. The maximum atomic E-state index is 8.25. The van der Waals surface area contributed by atoms with Gasteiger partial charge in [-0.05, 0) is 0 Å². The van der Waals surface area contributed by atoms with Crippen molar-refractivity contribution in [3.8, 4) is 0 Å². The molecule has 0 fully saturated rings. The maximum absolute atomic E-state index is 8.25. The summed E-state index contributed by atoms with van der Waals surface area (Å²) in [6.07, 6.45) is 0. The van der Waals surface area contributed by atoms with Crippen LogP contribution in [0.25, 0.3) is 0 Å². The van der Waals surface area contributed by atoms with E-state index >= 15 is 0 Å². The van der Waals surface area contributed by atoms with Crippen LogP contribution in [0.5, 0.6) is 0 Å². The van der Waals surface area contributed by atoms with Crippen molar-refractivity contribution in [2.75, 3.05) is 0 Å². The van der Waals surface area contributed by atoms with Crippen molar-refractivity contribution in [1.82, 2.24) is 0 Å². The van der Waals surface area contributed by atoms with E-state index in [1.54, 1.807) is 0 Å². The second kappa shape index (κ2) is 9.07. The van der Waals surface area contributed by atoms with Crippen LogP contribution in [0.4, 0.5) is 0 Å². The van der Waals surface area contributed by atoms with E-state index in [0.29, 0.717) is 0 Å². The Bertz CT molecular complexity index is 31.8. The topological polar surface area (TPSA) is 66.2 Å². The summed E-state index contributed by atoms with van der Waals surface area (Å²) in [5.74, 6) is 0. The number of nitrogens with zero attached hydrogens (tertiary/aromatic N) is 1. The summed E-state index contributed by atoms with van der Waals surface area (Å²) < 4.78 is 0. The summed E-state index contributed by atoms with van der Waals surface area (Å²) in [6.45, 7) is 0. The molecule has 0 spiro atoms. The minimum Gasteiger partial charge on any atom is -0.356 e. The third kappa shape index (κ3) is 265. The van der Waals surface area contributed by atoms with Gasteiger partial charge in [-0.2, -0.15) is 0 Å². The Morgan fingerprint density at radius 2 is 1.17 bits per heavy atom. The Morgan fingerprint density at radius 3 is 1.17 bits per heavy atom. The van der Waals surface area contributed by atoms with E-state index in [-0.39, 0.29) is 39.0 Å². The minimum absolute atomic E-state index is 0. The summed E-state index contributed by atoms with van der Waals surface area (Å²) in [5, 5.41) is 14.8. The fraction of sp³-hybridized carbons (Fsp3) is 0. The van der Waals surface area contributed by atoms with Gasteiger partial charge in [-0.1, -0.05) is 0 Å². The Labute approximate surface area is 59.5 Å². The first kappa shape index (κ1) is 16.1. The molecular formula is NO3Rh2+3. The SMILES string of the molecule is O=[N+]([O-])[O-].[Rh+2].[Rh+2]. The van der Waals surface area contributed by atoms with E-state index in [4.69, 9.17) is 15.3 Å². The van der Waals surface area contributed by atoms with Gasteiger partial charge >= 0.3 is 39.0 Å². The van der Waals surface area contributed by atoms with Gasteiger partial charge in [-0.15, -0.1) is 0 Å². The van der Waals surface area contributed by atoms with Gasteiger partial charge in [0.25, 0.3) is 0 Å². The molecule has 0 N–H and O–H groups in total. The van der Waals surface area contributed by atoms with Crippen molar-refractivity contribution in [1.29, 1.82) is 0 Å². The fourth-order valence-electron chi connectivity index (χ4n) is 0. The first-order valence-electron chi connectivity index (χ1n) is 0.548. The zero-order valence-electron chi connectivity index (χ0n) is 2.34. The van der Waals surface area contributed by atoms with E-state index in [1.165, 1.54) is 0 Å². The summed E-state index contributed by atoms with van der Waals surface area (Å²) in [5.41, 5.74) is 0. The molecule has 0 bridgehead atoms. The van der Waals surface area contributed by atoms with Crippen molar-refractivity contribution in [3.05, 3.63) is 15.3 Å². The Hall–Kier alpha value is 0.447. The molecule has 6 heavy (non-hydrogen) atoms. The Kier molecular flexibility index (Phi) is 24.3. The summed E-state index contributed by atoms with van der Waals surface area (Å²) in [4.78, 5) is 8.25. The summed E-state index contributed by atoms with van der Waals surface area (Å²) >= 11 is 0. The molecule has 38 valence electrons. The van der Waals surface area contributed by atoms with E-state index < -0.39 is 5.09 Å². The molecule has 0 rings (SSSR count). The van der Waals surface area contributed by atoms with Crippen molar-refractivity contribution in [2.45, 2.75) is 0 Å². The third-order valence-corrected chi connectivity index (χ3v) is 0. The van der Waals surface area contributed by atoms with Gasteiger partial charge in [0.1, 0.15) is 0 Å². The van der Waals surface area contributed by atoms with Crippen LogP contribution in [0.2, 0.25) is 0 Å². The van der Waals surface area contributed by atoms with Gasteiger partial charge in [0.15, 0.2) is 0 Å². The molecule has 0 aliphatic carbocycles. The first-order chi connectivity index (χ1) is 1.73. The van der Waals surface area contributed by atoms with E-state index in [0.717, 1.165) is 0 Å². The standard InChI is InChI=1S/NO3.2Rh/c2-1(3)4;;/q-1;2*+2. The van der Waals surface area contributed by atoms with Crippen LogP contribution in [-0.4, -0.2) is 5.09 Å². The molecule has 0 saturated heterocycles. The molecule has 2 radical (unpaired) electrons. The zero-order chi connectivity index (χ0) is 3.58.